The molecule has 0 saturated heterocycles. The van der Waals surface area contributed by atoms with Crippen LogP contribution in [0.2, 0.25) is 0 Å². The quantitative estimate of drug-likeness (QED) is 0.715. The van der Waals surface area contributed by atoms with Crippen molar-refractivity contribution in [3.8, 4) is 5.75 Å². The maximum atomic E-state index is 5.85. The van der Waals surface area contributed by atoms with E-state index in [9.17, 15) is 0 Å². The van der Waals surface area contributed by atoms with Gasteiger partial charge in [0, 0.05) is 23.2 Å². The average molecular weight is 265 g/mol. The topological polar surface area (TPSA) is 25.0 Å². The second-order valence-electron chi connectivity index (χ2n) is 5.38. The maximum Gasteiger partial charge on any atom is 0.121 e. The summed E-state index contributed by atoms with van der Waals surface area (Å²) >= 11 is 0. The second kappa shape index (κ2) is 5.41. The minimum absolute atomic E-state index is 0.528. The minimum atomic E-state index is 0.528. The SMILES string of the molecule is CC(C)c1c[nH]c2cc(OCc3ccccc3)ccc12. The van der Waals surface area contributed by atoms with Gasteiger partial charge < -0.3 is 9.72 Å². The molecule has 3 rings (SSSR count). The lowest BCUT2D eigenvalue weighted by atomic mass is 10.0. The fourth-order valence-corrected chi connectivity index (χ4v) is 2.44. The summed E-state index contributed by atoms with van der Waals surface area (Å²) in [5.41, 5.74) is 3.68. The second-order valence-corrected chi connectivity index (χ2v) is 5.38. The molecule has 0 aliphatic rings. The van der Waals surface area contributed by atoms with E-state index in [0.717, 1.165) is 11.3 Å². The molecular formula is C18H19NO. The Bertz CT molecular complexity index is 698. The summed E-state index contributed by atoms with van der Waals surface area (Å²) < 4.78 is 5.85. The Balaban J connectivity index is 1.80. The fraction of sp³-hybridized carbons (Fsp3) is 0.222. The molecular weight excluding hydrogens is 246 g/mol. The van der Waals surface area contributed by atoms with E-state index in [4.69, 9.17) is 4.74 Å². The van der Waals surface area contributed by atoms with Gasteiger partial charge in [-0.25, -0.2) is 0 Å². The van der Waals surface area contributed by atoms with Crippen molar-refractivity contribution in [3.63, 3.8) is 0 Å². The third kappa shape index (κ3) is 2.55. The molecule has 0 atom stereocenters. The van der Waals surface area contributed by atoms with Gasteiger partial charge in [0.15, 0.2) is 0 Å². The number of rotatable bonds is 4. The molecule has 0 radical (unpaired) electrons. The van der Waals surface area contributed by atoms with E-state index in [1.54, 1.807) is 0 Å². The highest BCUT2D eigenvalue weighted by molar-refractivity contribution is 5.84. The third-order valence-corrected chi connectivity index (χ3v) is 3.56. The van der Waals surface area contributed by atoms with Crippen LogP contribution in [0.25, 0.3) is 10.9 Å². The smallest absolute Gasteiger partial charge is 0.121 e. The molecule has 2 aromatic carbocycles. The summed E-state index contributed by atoms with van der Waals surface area (Å²) in [6.45, 7) is 5.02. The Morgan fingerprint density at radius 2 is 1.85 bits per heavy atom. The Hall–Kier alpha value is -2.22. The summed E-state index contributed by atoms with van der Waals surface area (Å²) in [6.07, 6.45) is 2.09. The van der Waals surface area contributed by atoms with Crippen molar-refractivity contribution in [1.82, 2.24) is 4.98 Å². The van der Waals surface area contributed by atoms with Crippen molar-refractivity contribution >= 4 is 10.9 Å². The largest absolute Gasteiger partial charge is 0.489 e. The van der Waals surface area contributed by atoms with Crippen molar-refractivity contribution in [2.24, 2.45) is 0 Å². The van der Waals surface area contributed by atoms with Crippen molar-refractivity contribution in [3.05, 3.63) is 65.9 Å². The molecule has 2 nitrogen and oxygen atoms in total. The number of fused-ring (bicyclic) bond motifs is 1. The number of hydrogen-bond donors (Lipinski definition) is 1. The molecule has 1 heterocycles. The van der Waals surface area contributed by atoms with Gasteiger partial charge >= 0.3 is 0 Å². The molecule has 1 N–H and O–H groups in total. The number of ether oxygens (including phenoxy) is 1. The zero-order valence-electron chi connectivity index (χ0n) is 11.9. The summed E-state index contributed by atoms with van der Waals surface area (Å²) in [4.78, 5) is 3.33. The van der Waals surface area contributed by atoms with Crippen LogP contribution < -0.4 is 4.74 Å². The predicted octanol–water partition coefficient (Wildman–Crippen LogP) is 4.87. The highest BCUT2D eigenvalue weighted by Gasteiger charge is 2.07. The summed E-state index contributed by atoms with van der Waals surface area (Å²) in [5.74, 6) is 1.43. The summed E-state index contributed by atoms with van der Waals surface area (Å²) in [6, 6.07) is 16.5. The van der Waals surface area contributed by atoms with E-state index < -0.39 is 0 Å². The third-order valence-electron chi connectivity index (χ3n) is 3.56. The highest BCUT2D eigenvalue weighted by atomic mass is 16.5. The number of benzene rings is 2. The van der Waals surface area contributed by atoms with Crippen molar-refractivity contribution < 1.29 is 4.74 Å². The number of H-pyrrole nitrogens is 1. The first kappa shape index (κ1) is 12.8. The molecule has 0 fully saturated rings. The van der Waals surface area contributed by atoms with Crippen LogP contribution >= 0.6 is 0 Å². The number of aromatic nitrogens is 1. The summed E-state index contributed by atoms with van der Waals surface area (Å²) in [5, 5.41) is 1.28. The van der Waals surface area contributed by atoms with E-state index in [0.29, 0.717) is 12.5 Å². The molecule has 0 spiro atoms. The molecule has 0 bridgehead atoms. The maximum absolute atomic E-state index is 5.85. The van der Waals surface area contributed by atoms with Gasteiger partial charge in [0.25, 0.3) is 0 Å². The highest BCUT2D eigenvalue weighted by Crippen LogP contribution is 2.28. The van der Waals surface area contributed by atoms with Gasteiger partial charge in [-0.05, 0) is 29.2 Å². The molecule has 102 valence electrons. The fourth-order valence-electron chi connectivity index (χ4n) is 2.44. The van der Waals surface area contributed by atoms with Crippen LogP contribution in [0, 0.1) is 0 Å². The molecule has 0 amide bonds. The zero-order valence-corrected chi connectivity index (χ0v) is 11.9. The first-order valence-corrected chi connectivity index (χ1v) is 7.02. The van der Waals surface area contributed by atoms with Crippen LogP contribution in [-0.4, -0.2) is 4.98 Å². The van der Waals surface area contributed by atoms with Gasteiger partial charge in [0.05, 0.1) is 0 Å². The van der Waals surface area contributed by atoms with Crippen LogP contribution in [-0.2, 0) is 6.61 Å². The first-order chi connectivity index (χ1) is 9.74. The standard InChI is InChI=1S/C18H19NO/c1-13(2)17-11-19-18-10-15(8-9-16(17)18)20-12-14-6-4-3-5-7-14/h3-11,13,19H,12H2,1-2H3. The van der Waals surface area contributed by atoms with Gasteiger partial charge in [-0.1, -0.05) is 44.2 Å². The molecule has 3 aromatic rings. The molecule has 0 unspecified atom stereocenters. The van der Waals surface area contributed by atoms with Gasteiger partial charge in [0.1, 0.15) is 12.4 Å². The number of aromatic amines is 1. The zero-order chi connectivity index (χ0) is 13.9. The van der Waals surface area contributed by atoms with Crippen LogP contribution in [0.1, 0.15) is 30.9 Å². The van der Waals surface area contributed by atoms with Crippen LogP contribution in [0.5, 0.6) is 5.75 Å². The van der Waals surface area contributed by atoms with E-state index in [2.05, 4.69) is 49.3 Å². The normalized spacial score (nSPS) is 11.2. The lowest BCUT2D eigenvalue weighted by Crippen LogP contribution is -1.94. The molecule has 0 aliphatic heterocycles. The van der Waals surface area contributed by atoms with E-state index in [1.807, 2.05) is 24.3 Å². The summed E-state index contributed by atoms with van der Waals surface area (Å²) in [7, 11) is 0. The molecule has 1 aromatic heterocycles. The molecule has 2 heteroatoms. The van der Waals surface area contributed by atoms with Crippen molar-refractivity contribution in [1.29, 1.82) is 0 Å². The van der Waals surface area contributed by atoms with Gasteiger partial charge in [-0.3, -0.25) is 0 Å². The van der Waals surface area contributed by atoms with Crippen LogP contribution in [0.15, 0.2) is 54.7 Å². The average Bonchev–Trinajstić information content (AvgIpc) is 2.89. The van der Waals surface area contributed by atoms with Crippen LogP contribution in [0.4, 0.5) is 0 Å². The van der Waals surface area contributed by atoms with Gasteiger partial charge in [-0.2, -0.15) is 0 Å². The van der Waals surface area contributed by atoms with Gasteiger partial charge in [0.2, 0.25) is 0 Å². The molecule has 0 aliphatic carbocycles. The van der Waals surface area contributed by atoms with E-state index in [-0.39, 0.29) is 0 Å². The first-order valence-electron chi connectivity index (χ1n) is 7.02. The van der Waals surface area contributed by atoms with Crippen LogP contribution in [0.3, 0.4) is 0 Å². The van der Waals surface area contributed by atoms with Crippen molar-refractivity contribution in [2.75, 3.05) is 0 Å². The monoisotopic (exact) mass is 265 g/mol. The Morgan fingerprint density at radius 1 is 1.05 bits per heavy atom. The Kier molecular flexibility index (Phi) is 3.46. The van der Waals surface area contributed by atoms with E-state index in [1.165, 1.54) is 16.5 Å². The van der Waals surface area contributed by atoms with E-state index >= 15 is 0 Å². The van der Waals surface area contributed by atoms with Gasteiger partial charge in [-0.15, -0.1) is 0 Å². The lowest BCUT2D eigenvalue weighted by Gasteiger charge is -2.07. The minimum Gasteiger partial charge on any atom is -0.489 e. The predicted molar refractivity (Wildman–Crippen MR) is 83.2 cm³/mol. The molecule has 20 heavy (non-hydrogen) atoms. The van der Waals surface area contributed by atoms with Crippen molar-refractivity contribution in [2.45, 2.75) is 26.4 Å². The number of hydrogen-bond acceptors (Lipinski definition) is 1. The Morgan fingerprint density at radius 3 is 2.60 bits per heavy atom. The molecule has 0 saturated carbocycles. The number of nitrogens with one attached hydrogen (secondary N) is 1. The lowest BCUT2D eigenvalue weighted by molar-refractivity contribution is 0.306. The Labute approximate surface area is 119 Å².